The van der Waals surface area contributed by atoms with E-state index >= 15 is 0 Å². The summed E-state index contributed by atoms with van der Waals surface area (Å²) in [7, 11) is 0. The van der Waals surface area contributed by atoms with Crippen LogP contribution in [0.25, 0.3) is 0 Å². The second-order valence-electron chi connectivity index (χ2n) is 1.96. The van der Waals surface area contributed by atoms with Crippen molar-refractivity contribution in [1.82, 2.24) is 0 Å². The average Bonchev–Trinajstić information content (AvgIpc) is 2.14. The van der Waals surface area contributed by atoms with Gasteiger partial charge < -0.3 is 0 Å². The average molecular weight is 303 g/mol. The second kappa shape index (κ2) is 6.84. The van der Waals surface area contributed by atoms with E-state index in [9.17, 15) is 0 Å². The van der Waals surface area contributed by atoms with Gasteiger partial charge in [0.25, 0.3) is 0 Å². The van der Waals surface area contributed by atoms with Crippen LogP contribution in [-0.2, 0) is 20.4 Å². The van der Waals surface area contributed by atoms with Crippen molar-refractivity contribution < 1.29 is 20.4 Å². The monoisotopic (exact) mass is 301 g/mol. The van der Waals surface area contributed by atoms with Crippen LogP contribution in [0.15, 0.2) is 21.6 Å². The quantitative estimate of drug-likeness (QED) is 0.652. The van der Waals surface area contributed by atoms with E-state index in [1.54, 1.807) is 3.88 Å². The van der Waals surface area contributed by atoms with Crippen LogP contribution in [0.1, 0.15) is 19.8 Å². The summed E-state index contributed by atoms with van der Waals surface area (Å²) in [6.45, 7) is 2.20. The van der Waals surface area contributed by atoms with Gasteiger partial charge in [0.1, 0.15) is 0 Å². The summed E-state index contributed by atoms with van der Waals surface area (Å²) >= 11 is 2.21. The zero-order chi connectivity index (χ0) is 5.98. The molecular weight excluding hydrogens is 292 g/mol. The Labute approximate surface area is 95.1 Å². The summed E-state index contributed by atoms with van der Waals surface area (Å²) < 4.78 is 1.55. The maximum atomic E-state index is 2.23. The van der Waals surface area contributed by atoms with Gasteiger partial charge in [0.15, 0.2) is 0 Å². The first-order valence-electron chi connectivity index (χ1n) is 2.94. The normalized spacial score (nSPS) is 14.4. The Hall–Kier alpha value is 1.15. The summed E-state index contributed by atoms with van der Waals surface area (Å²) in [6, 6.07) is 0. The maximum absolute atomic E-state index is 2.23. The first-order valence-corrected chi connectivity index (χ1v) is 3.73. The number of allylic oxidation sites excluding steroid dienone is 4. The van der Waals surface area contributed by atoms with E-state index in [0.29, 0.717) is 0 Å². The summed E-state index contributed by atoms with van der Waals surface area (Å²) in [5, 5.41) is 0. The fourth-order valence-electron chi connectivity index (χ4n) is 0.882. The SMILES string of the molecule is Br.Br.CCC1=[C]([Ti])CC=C1. The van der Waals surface area contributed by atoms with Crippen molar-refractivity contribution in [2.45, 2.75) is 19.8 Å². The third-order valence-electron chi connectivity index (χ3n) is 1.41. The number of hydrogen-bond donors (Lipinski definition) is 0. The van der Waals surface area contributed by atoms with Crippen molar-refractivity contribution in [3.8, 4) is 0 Å². The van der Waals surface area contributed by atoms with Crippen LogP contribution >= 0.6 is 34.0 Å². The third kappa shape index (κ3) is 3.52. The molecule has 1 aliphatic rings. The Morgan fingerprint density at radius 2 is 2.10 bits per heavy atom. The van der Waals surface area contributed by atoms with Crippen LogP contribution in [0.4, 0.5) is 0 Å². The summed E-state index contributed by atoms with van der Waals surface area (Å²) in [5.41, 5.74) is 1.53. The van der Waals surface area contributed by atoms with Crippen LogP contribution in [0.5, 0.6) is 0 Å². The van der Waals surface area contributed by atoms with E-state index in [0.717, 1.165) is 0 Å². The molecule has 3 heteroatoms. The minimum atomic E-state index is 0. The van der Waals surface area contributed by atoms with Gasteiger partial charge in [-0.25, -0.2) is 0 Å². The molecule has 0 bridgehead atoms. The molecule has 0 aromatic carbocycles. The van der Waals surface area contributed by atoms with E-state index < -0.39 is 0 Å². The van der Waals surface area contributed by atoms with Gasteiger partial charge in [-0.2, -0.15) is 0 Å². The molecule has 0 aromatic heterocycles. The molecule has 0 heterocycles. The molecule has 0 nitrogen and oxygen atoms in total. The first-order chi connectivity index (χ1) is 3.84. The van der Waals surface area contributed by atoms with Gasteiger partial charge in [0.05, 0.1) is 0 Å². The molecule has 0 fully saturated rings. The molecule has 57 valence electrons. The van der Waals surface area contributed by atoms with Crippen LogP contribution in [0, 0.1) is 0 Å². The van der Waals surface area contributed by atoms with Gasteiger partial charge in [-0.3, -0.25) is 0 Å². The van der Waals surface area contributed by atoms with E-state index in [-0.39, 0.29) is 34.0 Å². The van der Waals surface area contributed by atoms with Crippen molar-refractivity contribution in [2.75, 3.05) is 0 Å². The van der Waals surface area contributed by atoms with Gasteiger partial charge >= 0.3 is 61.8 Å². The van der Waals surface area contributed by atoms with E-state index in [1.165, 1.54) is 18.4 Å². The molecule has 0 unspecified atom stereocenters. The summed E-state index contributed by atoms with van der Waals surface area (Å²) in [5.74, 6) is 0. The van der Waals surface area contributed by atoms with Crippen LogP contribution in [0.2, 0.25) is 0 Å². The summed E-state index contributed by atoms with van der Waals surface area (Å²) in [6.07, 6.45) is 6.84. The van der Waals surface area contributed by atoms with E-state index in [2.05, 4.69) is 39.5 Å². The van der Waals surface area contributed by atoms with Crippen LogP contribution in [-0.4, -0.2) is 0 Å². The standard InChI is InChI=1S/C7H9.2BrH.Ti/c1-2-7-5-3-4-6-7;;;/h3,5H,2,4H2,1H3;2*1H;. The van der Waals surface area contributed by atoms with Crippen molar-refractivity contribution in [3.05, 3.63) is 21.6 Å². The van der Waals surface area contributed by atoms with Crippen molar-refractivity contribution >= 4 is 34.0 Å². The first kappa shape index (κ1) is 13.7. The zero-order valence-corrected chi connectivity index (χ0v) is 10.9. The van der Waals surface area contributed by atoms with Gasteiger partial charge in [0.2, 0.25) is 0 Å². The van der Waals surface area contributed by atoms with E-state index in [1.807, 2.05) is 0 Å². The molecule has 0 aromatic rings. The van der Waals surface area contributed by atoms with E-state index in [4.69, 9.17) is 0 Å². The third-order valence-corrected chi connectivity index (χ3v) is 2.23. The predicted octanol–water partition coefficient (Wildman–Crippen LogP) is 3.31. The molecule has 10 heavy (non-hydrogen) atoms. The topological polar surface area (TPSA) is 0 Å². The molecule has 0 spiro atoms. The Bertz CT molecular complexity index is 150. The van der Waals surface area contributed by atoms with Gasteiger partial charge in [0, 0.05) is 0 Å². The molecule has 0 saturated carbocycles. The molecule has 0 atom stereocenters. The van der Waals surface area contributed by atoms with Crippen molar-refractivity contribution in [2.24, 2.45) is 0 Å². The predicted molar refractivity (Wildman–Crippen MR) is 51.7 cm³/mol. The molecule has 0 radical (unpaired) electrons. The Morgan fingerprint density at radius 3 is 2.30 bits per heavy atom. The summed E-state index contributed by atoms with van der Waals surface area (Å²) in [4.78, 5) is 0. The molecule has 1 aliphatic carbocycles. The Morgan fingerprint density at radius 1 is 1.50 bits per heavy atom. The minimum absolute atomic E-state index is 0. The Kier molecular flexibility index (Phi) is 9.39. The van der Waals surface area contributed by atoms with Crippen molar-refractivity contribution in [1.29, 1.82) is 0 Å². The number of halogens is 2. The molecule has 0 amide bonds. The zero-order valence-electron chi connectivity index (χ0n) is 5.89. The van der Waals surface area contributed by atoms with Gasteiger partial charge in [-0.15, -0.1) is 34.0 Å². The van der Waals surface area contributed by atoms with Crippen molar-refractivity contribution in [3.63, 3.8) is 0 Å². The molecule has 1 rings (SSSR count). The van der Waals surface area contributed by atoms with Crippen LogP contribution in [0.3, 0.4) is 0 Å². The fraction of sp³-hybridized carbons (Fsp3) is 0.429. The Balaban J connectivity index is 0. The number of rotatable bonds is 1. The van der Waals surface area contributed by atoms with Gasteiger partial charge in [-0.1, -0.05) is 0 Å². The fourth-order valence-corrected chi connectivity index (χ4v) is 1.47. The molecule has 0 aliphatic heterocycles. The van der Waals surface area contributed by atoms with Crippen LogP contribution < -0.4 is 0 Å². The molecular formula is C7H11Br2Ti. The second-order valence-corrected chi connectivity index (χ2v) is 2.91. The molecule has 0 saturated heterocycles. The number of hydrogen-bond acceptors (Lipinski definition) is 0. The molecule has 0 N–H and O–H groups in total. The van der Waals surface area contributed by atoms with Gasteiger partial charge in [-0.05, 0) is 0 Å².